The van der Waals surface area contributed by atoms with Crippen LogP contribution in [0.4, 0.5) is 11.5 Å². The van der Waals surface area contributed by atoms with Crippen LogP contribution in [0.5, 0.6) is 11.5 Å². The molecule has 0 atom stereocenters. The van der Waals surface area contributed by atoms with E-state index < -0.39 is 0 Å². The van der Waals surface area contributed by atoms with Crippen molar-refractivity contribution in [2.45, 2.75) is 19.6 Å². The minimum absolute atomic E-state index is 0.0661. The summed E-state index contributed by atoms with van der Waals surface area (Å²) in [4.78, 5) is 19.2. The lowest BCUT2D eigenvalue weighted by Gasteiger charge is -2.20. The molecule has 5 rings (SSSR count). The SMILES string of the molecule is O=C(c1c(O)cc(O)cc1Nc1ccnn1Cc1ccco1)N1Cc2cccnc2C1. The number of phenolic OH excluding ortho intramolecular Hbond substituents is 2. The smallest absolute Gasteiger partial charge is 0.260 e. The summed E-state index contributed by atoms with van der Waals surface area (Å²) in [7, 11) is 0. The van der Waals surface area contributed by atoms with E-state index in [-0.39, 0.29) is 28.7 Å². The van der Waals surface area contributed by atoms with Gasteiger partial charge in [-0.05, 0) is 23.8 Å². The number of phenols is 2. The Labute approximate surface area is 177 Å². The number of aromatic nitrogens is 3. The highest BCUT2D eigenvalue weighted by Crippen LogP contribution is 2.35. The van der Waals surface area contributed by atoms with Gasteiger partial charge in [0.1, 0.15) is 35.2 Å². The van der Waals surface area contributed by atoms with Crippen LogP contribution in [0.3, 0.4) is 0 Å². The van der Waals surface area contributed by atoms with Crippen molar-refractivity contribution in [3.05, 3.63) is 83.7 Å². The number of nitrogens with one attached hydrogen (secondary N) is 1. The van der Waals surface area contributed by atoms with Crippen LogP contribution in [-0.4, -0.2) is 35.8 Å². The Kier molecular flexibility index (Phi) is 4.55. The number of nitrogens with zero attached hydrogens (tertiary/aromatic N) is 4. The van der Waals surface area contributed by atoms with Gasteiger partial charge in [-0.2, -0.15) is 5.10 Å². The zero-order valence-electron chi connectivity index (χ0n) is 16.4. The van der Waals surface area contributed by atoms with Crippen LogP contribution in [0.1, 0.15) is 27.4 Å². The third kappa shape index (κ3) is 3.57. The molecule has 1 aliphatic rings. The monoisotopic (exact) mass is 417 g/mol. The number of anilines is 2. The molecule has 0 fully saturated rings. The van der Waals surface area contributed by atoms with Crippen LogP contribution < -0.4 is 5.32 Å². The first-order valence-electron chi connectivity index (χ1n) is 9.68. The molecule has 0 saturated heterocycles. The van der Waals surface area contributed by atoms with E-state index in [9.17, 15) is 15.0 Å². The number of pyridine rings is 1. The van der Waals surface area contributed by atoms with E-state index in [2.05, 4.69) is 15.4 Å². The molecule has 3 aromatic heterocycles. The summed E-state index contributed by atoms with van der Waals surface area (Å²) in [6.07, 6.45) is 4.88. The second-order valence-electron chi connectivity index (χ2n) is 7.24. The topological polar surface area (TPSA) is 117 Å². The lowest BCUT2D eigenvalue weighted by Crippen LogP contribution is -2.26. The van der Waals surface area contributed by atoms with Gasteiger partial charge in [0.2, 0.25) is 0 Å². The zero-order chi connectivity index (χ0) is 21.4. The van der Waals surface area contributed by atoms with Gasteiger partial charge < -0.3 is 24.8 Å². The van der Waals surface area contributed by atoms with Crippen LogP contribution in [0.15, 0.2) is 65.5 Å². The Balaban J connectivity index is 1.46. The van der Waals surface area contributed by atoms with Gasteiger partial charge in [0, 0.05) is 30.9 Å². The van der Waals surface area contributed by atoms with Gasteiger partial charge in [0.25, 0.3) is 5.91 Å². The van der Waals surface area contributed by atoms with Gasteiger partial charge >= 0.3 is 0 Å². The molecule has 4 aromatic rings. The molecule has 0 unspecified atom stereocenters. The standard InChI is InChI=1S/C22H19N5O4/c28-15-9-17(25-20-5-7-24-27(20)12-16-4-2-8-31-16)21(19(29)10-15)22(30)26-11-14-3-1-6-23-18(14)13-26/h1-10,25,28-29H,11-13H2. The third-order valence-corrected chi connectivity index (χ3v) is 5.15. The molecule has 156 valence electrons. The third-order valence-electron chi connectivity index (χ3n) is 5.15. The Hall–Kier alpha value is -4.27. The van der Waals surface area contributed by atoms with E-state index in [4.69, 9.17) is 4.42 Å². The largest absolute Gasteiger partial charge is 0.508 e. The average Bonchev–Trinajstić information content (AvgIpc) is 3.49. The normalized spacial score (nSPS) is 12.7. The predicted octanol–water partition coefficient (Wildman–Crippen LogP) is 3.23. The molecule has 3 N–H and O–H groups in total. The van der Waals surface area contributed by atoms with Crippen molar-refractivity contribution >= 4 is 17.4 Å². The number of rotatable bonds is 5. The second-order valence-corrected chi connectivity index (χ2v) is 7.24. The molecule has 9 nitrogen and oxygen atoms in total. The highest BCUT2D eigenvalue weighted by molar-refractivity contribution is 6.03. The van der Waals surface area contributed by atoms with Gasteiger partial charge in [-0.3, -0.25) is 9.78 Å². The van der Waals surface area contributed by atoms with Gasteiger partial charge in [-0.15, -0.1) is 0 Å². The fourth-order valence-electron chi connectivity index (χ4n) is 3.69. The van der Waals surface area contributed by atoms with Crippen molar-refractivity contribution in [2.24, 2.45) is 0 Å². The molecule has 4 heterocycles. The average molecular weight is 417 g/mol. The first-order chi connectivity index (χ1) is 15.1. The molecule has 1 aliphatic heterocycles. The summed E-state index contributed by atoms with van der Waals surface area (Å²) in [5, 5.41) is 28.0. The maximum Gasteiger partial charge on any atom is 0.260 e. The fraction of sp³-hybridized carbons (Fsp3) is 0.136. The van der Waals surface area contributed by atoms with E-state index in [0.717, 1.165) is 17.3 Å². The van der Waals surface area contributed by atoms with E-state index >= 15 is 0 Å². The van der Waals surface area contributed by atoms with Crippen LogP contribution in [0.2, 0.25) is 0 Å². The van der Waals surface area contributed by atoms with Crippen molar-refractivity contribution < 1.29 is 19.4 Å². The molecule has 0 saturated carbocycles. The van der Waals surface area contributed by atoms with E-state index in [1.807, 2.05) is 18.2 Å². The van der Waals surface area contributed by atoms with Crippen molar-refractivity contribution in [1.29, 1.82) is 0 Å². The number of carbonyl (C=O) groups excluding carboxylic acids is 1. The van der Waals surface area contributed by atoms with Crippen LogP contribution >= 0.6 is 0 Å². The first-order valence-corrected chi connectivity index (χ1v) is 9.68. The van der Waals surface area contributed by atoms with E-state index in [1.165, 1.54) is 6.07 Å². The summed E-state index contributed by atoms with van der Waals surface area (Å²) < 4.78 is 7.03. The number of fused-ring (bicyclic) bond motifs is 1. The quantitative estimate of drug-likeness (QED) is 0.456. The summed E-state index contributed by atoms with van der Waals surface area (Å²) >= 11 is 0. The predicted molar refractivity (Wildman–Crippen MR) is 111 cm³/mol. The minimum atomic E-state index is -0.366. The van der Waals surface area contributed by atoms with Crippen molar-refractivity contribution in [2.75, 3.05) is 5.32 Å². The summed E-state index contributed by atoms with van der Waals surface area (Å²) in [6.45, 7) is 1.13. The summed E-state index contributed by atoms with van der Waals surface area (Å²) in [5.74, 6) is 0.439. The molecular formula is C22H19N5O4. The fourth-order valence-corrected chi connectivity index (χ4v) is 3.69. The van der Waals surface area contributed by atoms with Gasteiger partial charge in [-0.25, -0.2) is 4.68 Å². The van der Waals surface area contributed by atoms with Crippen LogP contribution in [0, 0.1) is 0 Å². The lowest BCUT2D eigenvalue weighted by molar-refractivity contribution is 0.0748. The number of hydrogen-bond donors (Lipinski definition) is 3. The van der Waals surface area contributed by atoms with Gasteiger partial charge in [-0.1, -0.05) is 6.07 Å². The number of carbonyl (C=O) groups is 1. The highest BCUT2D eigenvalue weighted by Gasteiger charge is 2.29. The summed E-state index contributed by atoms with van der Waals surface area (Å²) in [5.41, 5.74) is 2.14. The number of benzene rings is 1. The van der Waals surface area contributed by atoms with Gasteiger partial charge in [0.05, 0.1) is 30.4 Å². The molecule has 0 aliphatic carbocycles. The Morgan fingerprint density at radius 3 is 2.84 bits per heavy atom. The molecule has 1 aromatic carbocycles. The molecule has 9 heteroatoms. The second kappa shape index (κ2) is 7.52. The summed E-state index contributed by atoms with van der Waals surface area (Å²) in [6, 6.07) is 11.7. The lowest BCUT2D eigenvalue weighted by atomic mass is 10.1. The molecule has 1 amide bonds. The Morgan fingerprint density at radius 2 is 2.03 bits per heavy atom. The maximum atomic E-state index is 13.3. The van der Waals surface area contributed by atoms with Gasteiger partial charge in [0.15, 0.2) is 0 Å². The number of amides is 1. The van der Waals surface area contributed by atoms with E-state index in [0.29, 0.717) is 31.2 Å². The molecule has 0 spiro atoms. The maximum absolute atomic E-state index is 13.3. The van der Waals surface area contributed by atoms with Crippen molar-refractivity contribution in [1.82, 2.24) is 19.7 Å². The molecule has 0 bridgehead atoms. The van der Waals surface area contributed by atoms with E-state index in [1.54, 1.807) is 40.4 Å². The number of hydrogen-bond acceptors (Lipinski definition) is 7. The van der Waals surface area contributed by atoms with Crippen LogP contribution in [0.25, 0.3) is 0 Å². The highest BCUT2D eigenvalue weighted by atomic mass is 16.3. The minimum Gasteiger partial charge on any atom is -0.508 e. The van der Waals surface area contributed by atoms with Crippen molar-refractivity contribution in [3.63, 3.8) is 0 Å². The van der Waals surface area contributed by atoms with Crippen molar-refractivity contribution in [3.8, 4) is 11.5 Å². The Bertz CT molecular complexity index is 1220. The van der Waals surface area contributed by atoms with Crippen LogP contribution in [-0.2, 0) is 19.6 Å². The molecule has 0 radical (unpaired) electrons. The number of furan rings is 1. The molecule has 31 heavy (non-hydrogen) atoms. The number of aromatic hydroxyl groups is 2. The first kappa shape index (κ1) is 18.7. The zero-order valence-corrected chi connectivity index (χ0v) is 16.4. The Morgan fingerprint density at radius 1 is 1.13 bits per heavy atom. The molecular weight excluding hydrogens is 398 g/mol.